The van der Waals surface area contributed by atoms with Crippen LogP contribution in [-0.2, 0) is 10.2 Å². The minimum absolute atomic E-state index is 0.000694. The van der Waals surface area contributed by atoms with Crippen LogP contribution in [-0.4, -0.2) is 12.5 Å². The Morgan fingerprint density at radius 3 is 2.55 bits per heavy atom. The number of amides is 1. The summed E-state index contributed by atoms with van der Waals surface area (Å²) in [7, 11) is 0. The van der Waals surface area contributed by atoms with Gasteiger partial charge in [-0.3, -0.25) is 4.79 Å². The van der Waals surface area contributed by atoms with Crippen molar-refractivity contribution < 1.29 is 9.18 Å². The van der Waals surface area contributed by atoms with Crippen LogP contribution in [0.1, 0.15) is 51.5 Å². The normalized spacial score (nSPS) is 17.4. The summed E-state index contributed by atoms with van der Waals surface area (Å²) >= 11 is 0. The average Bonchev–Trinajstić information content (AvgIpc) is 2.89. The van der Waals surface area contributed by atoms with Crippen LogP contribution in [0.4, 0.5) is 4.39 Å². The SMILES string of the molecule is CC(C)CCNC(=O)C1(c2ccccc2F)CCCC1. The molecule has 0 aromatic heterocycles. The van der Waals surface area contributed by atoms with Gasteiger partial charge in [0.15, 0.2) is 0 Å². The molecule has 0 radical (unpaired) electrons. The van der Waals surface area contributed by atoms with Crippen molar-refractivity contribution in [3.8, 4) is 0 Å². The van der Waals surface area contributed by atoms with Gasteiger partial charge in [0, 0.05) is 12.1 Å². The number of nitrogens with one attached hydrogen (secondary N) is 1. The summed E-state index contributed by atoms with van der Waals surface area (Å²) in [6.07, 6.45) is 4.44. The molecule has 110 valence electrons. The highest BCUT2D eigenvalue weighted by Crippen LogP contribution is 2.42. The first-order chi connectivity index (χ1) is 9.56. The monoisotopic (exact) mass is 277 g/mol. The van der Waals surface area contributed by atoms with Gasteiger partial charge in [-0.25, -0.2) is 4.39 Å². The largest absolute Gasteiger partial charge is 0.355 e. The Balaban J connectivity index is 2.18. The first kappa shape index (κ1) is 15.0. The molecule has 0 unspecified atom stereocenters. The highest BCUT2D eigenvalue weighted by Gasteiger charge is 2.44. The molecule has 1 amide bonds. The van der Waals surface area contributed by atoms with Gasteiger partial charge in [-0.05, 0) is 31.2 Å². The maximum absolute atomic E-state index is 14.1. The lowest BCUT2D eigenvalue weighted by atomic mass is 9.77. The summed E-state index contributed by atoms with van der Waals surface area (Å²) in [6, 6.07) is 6.72. The lowest BCUT2D eigenvalue weighted by molar-refractivity contribution is -0.126. The highest BCUT2D eigenvalue weighted by atomic mass is 19.1. The Labute approximate surface area is 120 Å². The second-order valence-corrected chi connectivity index (χ2v) is 6.21. The van der Waals surface area contributed by atoms with Crippen LogP contribution in [0.5, 0.6) is 0 Å². The van der Waals surface area contributed by atoms with Crippen molar-refractivity contribution in [1.82, 2.24) is 5.32 Å². The van der Waals surface area contributed by atoms with E-state index in [-0.39, 0.29) is 11.7 Å². The number of carbonyl (C=O) groups is 1. The van der Waals surface area contributed by atoms with Gasteiger partial charge in [0.2, 0.25) is 5.91 Å². The Kier molecular flexibility index (Phi) is 4.79. The molecule has 2 rings (SSSR count). The van der Waals surface area contributed by atoms with E-state index in [9.17, 15) is 9.18 Å². The van der Waals surface area contributed by atoms with E-state index < -0.39 is 5.41 Å². The first-order valence-electron chi connectivity index (χ1n) is 7.59. The quantitative estimate of drug-likeness (QED) is 0.871. The minimum Gasteiger partial charge on any atom is -0.355 e. The molecule has 1 aliphatic carbocycles. The number of halogens is 1. The summed E-state index contributed by atoms with van der Waals surface area (Å²) in [6.45, 7) is 4.94. The molecular weight excluding hydrogens is 253 g/mol. The van der Waals surface area contributed by atoms with E-state index in [0.717, 1.165) is 32.1 Å². The van der Waals surface area contributed by atoms with Crippen molar-refractivity contribution in [1.29, 1.82) is 0 Å². The third-order valence-corrected chi connectivity index (χ3v) is 4.29. The van der Waals surface area contributed by atoms with Gasteiger partial charge in [0.1, 0.15) is 5.82 Å². The standard InChI is InChI=1S/C17H24FNO/c1-13(2)9-12-19-16(20)17(10-5-6-11-17)14-7-3-4-8-15(14)18/h3-4,7-8,13H,5-6,9-12H2,1-2H3,(H,19,20). The van der Waals surface area contributed by atoms with E-state index in [0.29, 0.717) is 18.0 Å². The van der Waals surface area contributed by atoms with Gasteiger partial charge < -0.3 is 5.32 Å². The lowest BCUT2D eigenvalue weighted by Gasteiger charge is -2.28. The van der Waals surface area contributed by atoms with Gasteiger partial charge in [-0.2, -0.15) is 0 Å². The zero-order valence-corrected chi connectivity index (χ0v) is 12.4. The smallest absolute Gasteiger partial charge is 0.230 e. The summed E-state index contributed by atoms with van der Waals surface area (Å²) in [5.41, 5.74) is -0.0814. The Morgan fingerprint density at radius 2 is 1.95 bits per heavy atom. The number of carbonyl (C=O) groups excluding carboxylic acids is 1. The average molecular weight is 277 g/mol. The zero-order valence-electron chi connectivity index (χ0n) is 12.4. The fourth-order valence-corrected chi connectivity index (χ4v) is 3.09. The Hall–Kier alpha value is -1.38. The van der Waals surface area contributed by atoms with Crippen molar-refractivity contribution >= 4 is 5.91 Å². The molecular formula is C17H24FNO. The van der Waals surface area contributed by atoms with Crippen LogP contribution in [0.3, 0.4) is 0 Å². The van der Waals surface area contributed by atoms with E-state index in [2.05, 4.69) is 19.2 Å². The summed E-state index contributed by atoms with van der Waals surface area (Å²) in [4.78, 5) is 12.6. The molecule has 0 heterocycles. The molecule has 1 aliphatic rings. The predicted molar refractivity (Wildman–Crippen MR) is 79.0 cm³/mol. The van der Waals surface area contributed by atoms with E-state index in [4.69, 9.17) is 0 Å². The van der Waals surface area contributed by atoms with Crippen LogP contribution < -0.4 is 5.32 Å². The third kappa shape index (κ3) is 3.02. The number of hydrogen-bond acceptors (Lipinski definition) is 1. The van der Waals surface area contributed by atoms with E-state index in [1.165, 1.54) is 6.07 Å². The Bertz CT molecular complexity index is 464. The molecule has 0 bridgehead atoms. The lowest BCUT2D eigenvalue weighted by Crippen LogP contribution is -2.43. The number of benzene rings is 1. The molecule has 3 heteroatoms. The second-order valence-electron chi connectivity index (χ2n) is 6.21. The maximum atomic E-state index is 14.1. The molecule has 1 aromatic rings. The predicted octanol–water partition coefficient (Wildman–Crippen LogP) is 3.80. The van der Waals surface area contributed by atoms with Gasteiger partial charge in [-0.15, -0.1) is 0 Å². The number of hydrogen-bond donors (Lipinski definition) is 1. The molecule has 0 saturated heterocycles. The van der Waals surface area contributed by atoms with Crippen LogP contribution >= 0.6 is 0 Å². The van der Waals surface area contributed by atoms with Crippen molar-refractivity contribution in [2.75, 3.05) is 6.54 Å². The van der Waals surface area contributed by atoms with Crippen LogP contribution in [0.25, 0.3) is 0 Å². The molecule has 20 heavy (non-hydrogen) atoms. The van der Waals surface area contributed by atoms with Crippen molar-refractivity contribution in [2.45, 2.75) is 51.4 Å². The van der Waals surface area contributed by atoms with E-state index >= 15 is 0 Å². The van der Waals surface area contributed by atoms with Crippen LogP contribution in [0, 0.1) is 11.7 Å². The third-order valence-electron chi connectivity index (χ3n) is 4.29. The molecule has 0 atom stereocenters. The van der Waals surface area contributed by atoms with Gasteiger partial charge >= 0.3 is 0 Å². The summed E-state index contributed by atoms with van der Waals surface area (Å²) in [5, 5.41) is 3.02. The molecule has 2 nitrogen and oxygen atoms in total. The molecule has 1 fully saturated rings. The van der Waals surface area contributed by atoms with Crippen molar-refractivity contribution in [3.05, 3.63) is 35.6 Å². The topological polar surface area (TPSA) is 29.1 Å². The fourth-order valence-electron chi connectivity index (χ4n) is 3.09. The van der Waals surface area contributed by atoms with Crippen LogP contribution in [0.15, 0.2) is 24.3 Å². The van der Waals surface area contributed by atoms with Crippen LogP contribution in [0.2, 0.25) is 0 Å². The van der Waals surface area contributed by atoms with Gasteiger partial charge in [-0.1, -0.05) is 44.9 Å². The molecule has 1 saturated carbocycles. The molecule has 1 N–H and O–H groups in total. The first-order valence-corrected chi connectivity index (χ1v) is 7.59. The summed E-state index contributed by atoms with van der Waals surface area (Å²) in [5.74, 6) is 0.303. The maximum Gasteiger partial charge on any atom is 0.230 e. The second kappa shape index (κ2) is 6.38. The zero-order chi connectivity index (χ0) is 14.6. The Morgan fingerprint density at radius 1 is 1.30 bits per heavy atom. The molecule has 0 aliphatic heterocycles. The van der Waals surface area contributed by atoms with E-state index in [1.54, 1.807) is 12.1 Å². The van der Waals surface area contributed by atoms with Crippen molar-refractivity contribution in [2.24, 2.45) is 5.92 Å². The van der Waals surface area contributed by atoms with Crippen molar-refractivity contribution in [3.63, 3.8) is 0 Å². The van der Waals surface area contributed by atoms with Gasteiger partial charge in [0.05, 0.1) is 5.41 Å². The van der Waals surface area contributed by atoms with Gasteiger partial charge in [0.25, 0.3) is 0 Å². The molecule has 1 aromatic carbocycles. The minimum atomic E-state index is -0.650. The number of rotatable bonds is 5. The molecule has 0 spiro atoms. The highest BCUT2D eigenvalue weighted by molar-refractivity contribution is 5.88. The summed E-state index contributed by atoms with van der Waals surface area (Å²) < 4.78 is 14.1. The van der Waals surface area contributed by atoms with E-state index in [1.807, 2.05) is 6.07 Å². The fraction of sp³-hybridized carbons (Fsp3) is 0.588.